The van der Waals surface area contributed by atoms with Crippen molar-refractivity contribution in [3.05, 3.63) is 41.9 Å². The Kier molecular flexibility index (Phi) is 4.46. The molecule has 0 bridgehead atoms. The predicted molar refractivity (Wildman–Crippen MR) is 117 cm³/mol. The van der Waals surface area contributed by atoms with Gasteiger partial charge in [-0.15, -0.1) is 0 Å². The molecule has 0 amide bonds. The van der Waals surface area contributed by atoms with Crippen LogP contribution in [-0.4, -0.2) is 45.4 Å². The number of hydrogen-bond donors (Lipinski definition) is 1. The van der Waals surface area contributed by atoms with Gasteiger partial charge in [-0.25, -0.2) is 4.68 Å². The van der Waals surface area contributed by atoms with Gasteiger partial charge < -0.3 is 10.1 Å². The fourth-order valence-corrected chi connectivity index (χ4v) is 6.48. The summed E-state index contributed by atoms with van der Waals surface area (Å²) in [5.74, 6) is 3.09. The van der Waals surface area contributed by atoms with Gasteiger partial charge in [-0.1, -0.05) is 0 Å². The summed E-state index contributed by atoms with van der Waals surface area (Å²) in [6, 6.07) is 5.42. The van der Waals surface area contributed by atoms with Crippen LogP contribution in [0.3, 0.4) is 0 Å². The number of hydrogen-bond acceptors (Lipinski definition) is 4. The number of benzene rings is 1. The zero-order valence-corrected chi connectivity index (χ0v) is 17.9. The minimum Gasteiger partial charge on any atom is -0.381 e. The molecule has 158 valence electrons. The largest absolute Gasteiger partial charge is 0.381 e. The molecule has 4 atom stereocenters. The Bertz CT molecular complexity index is 1060. The molecule has 6 nitrogen and oxygen atoms in total. The van der Waals surface area contributed by atoms with Gasteiger partial charge in [0.2, 0.25) is 0 Å². The second kappa shape index (κ2) is 7.20. The fourth-order valence-electron chi connectivity index (χ4n) is 6.48. The van der Waals surface area contributed by atoms with E-state index in [1.165, 1.54) is 54.3 Å². The Hall–Kier alpha value is -2.18. The van der Waals surface area contributed by atoms with Crippen LogP contribution in [0.25, 0.3) is 16.6 Å². The molecule has 0 spiro atoms. The van der Waals surface area contributed by atoms with Crippen LogP contribution in [0.15, 0.2) is 30.7 Å². The average molecular weight is 406 g/mol. The minimum absolute atomic E-state index is 0.658. The highest BCUT2D eigenvalue weighted by molar-refractivity contribution is 5.82. The van der Waals surface area contributed by atoms with Crippen molar-refractivity contribution in [1.29, 1.82) is 0 Å². The predicted octanol–water partition coefficient (Wildman–Crippen LogP) is 3.58. The van der Waals surface area contributed by atoms with Crippen molar-refractivity contribution in [3.8, 4) is 5.69 Å². The van der Waals surface area contributed by atoms with E-state index in [1.807, 2.05) is 35.0 Å². The molecule has 1 aliphatic carbocycles. The van der Waals surface area contributed by atoms with Crippen LogP contribution in [0.5, 0.6) is 0 Å². The maximum absolute atomic E-state index is 5.62. The van der Waals surface area contributed by atoms with Crippen LogP contribution in [0.1, 0.15) is 42.7 Å². The van der Waals surface area contributed by atoms with E-state index < -0.39 is 0 Å². The first kappa shape index (κ1) is 18.6. The molecule has 2 aliphatic heterocycles. The average Bonchev–Trinajstić information content (AvgIpc) is 3.51. The second-order valence-corrected chi connectivity index (χ2v) is 9.67. The van der Waals surface area contributed by atoms with Crippen molar-refractivity contribution < 1.29 is 4.74 Å². The normalized spacial score (nSPS) is 29.7. The van der Waals surface area contributed by atoms with Crippen molar-refractivity contribution in [3.63, 3.8) is 0 Å². The molecule has 4 heterocycles. The smallest absolute Gasteiger partial charge is 0.103 e. The molecule has 6 heteroatoms. The van der Waals surface area contributed by atoms with E-state index in [2.05, 4.69) is 34.6 Å². The maximum Gasteiger partial charge on any atom is 0.103 e. The number of nitrogens with one attached hydrogen (secondary N) is 1. The standard InChI is InChI=1S/C24H31N5O/c1-15-7-19-12-27-29(20-13-26-28(2)14-20)23(19)10-21(15)17-8-18-11-25-24(22(18)9-17)16-3-5-30-6-4-16/h7,10,12-14,16-18,22,24-25H,3-6,8-9,11H2,1-2H3/t17-,18+,22-,24-/m0/s1. The number of rotatable bonds is 3. The third-order valence-electron chi connectivity index (χ3n) is 7.93. The number of fused-ring (bicyclic) bond motifs is 2. The fraction of sp³-hybridized carbons (Fsp3) is 0.583. The van der Waals surface area contributed by atoms with E-state index in [9.17, 15) is 0 Å². The lowest BCUT2D eigenvalue weighted by Crippen LogP contribution is -2.38. The summed E-state index contributed by atoms with van der Waals surface area (Å²) in [6.45, 7) is 5.35. The summed E-state index contributed by atoms with van der Waals surface area (Å²) in [6.07, 6.45) is 11.0. The molecule has 1 saturated carbocycles. The summed E-state index contributed by atoms with van der Waals surface area (Å²) < 4.78 is 9.49. The lowest BCUT2D eigenvalue weighted by molar-refractivity contribution is 0.0496. The Morgan fingerprint density at radius 3 is 2.73 bits per heavy atom. The molecule has 1 N–H and O–H groups in total. The van der Waals surface area contributed by atoms with Gasteiger partial charge in [0, 0.05) is 31.7 Å². The van der Waals surface area contributed by atoms with Gasteiger partial charge in [0.05, 0.1) is 24.1 Å². The third-order valence-corrected chi connectivity index (χ3v) is 7.93. The number of nitrogens with zero attached hydrogens (tertiary/aromatic N) is 4. The molecule has 3 aromatic rings. The Morgan fingerprint density at radius 2 is 1.93 bits per heavy atom. The van der Waals surface area contributed by atoms with Gasteiger partial charge >= 0.3 is 0 Å². The zero-order valence-electron chi connectivity index (χ0n) is 17.9. The van der Waals surface area contributed by atoms with Crippen LogP contribution in [-0.2, 0) is 11.8 Å². The van der Waals surface area contributed by atoms with E-state index in [-0.39, 0.29) is 0 Å². The Morgan fingerprint density at radius 1 is 1.07 bits per heavy atom. The zero-order chi connectivity index (χ0) is 20.2. The lowest BCUT2D eigenvalue weighted by atomic mass is 9.81. The van der Waals surface area contributed by atoms with Gasteiger partial charge in [0.1, 0.15) is 5.69 Å². The first-order chi connectivity index (χ1) is 14.7. The Balaban J connectivity index is 1.30. The summed E-state index contributed by atoms with van der Waals surface area (Å²) in [7, 11) is 1.95. The molecule has 0 unspecified atom stereocenters. The molecule has 6 rings (SSSR count). The lowest BCUT2D eigenvalue weighted by Gasteiger charge is -2.31. The van der Waals surface area contributed by atoms with Gasteiger partial charge in [-0.05, 0) is 86.1 Å². The SMILES string of the molecule is Cc1cc2cnn(-c3cnn(C)c3)c2cc1[C@H]1C[C@@H]2CN[C@@H](C3CCOCC3)[C@H]2C1. The summed E-state index contributed by atoms with van der Waals surface area (Å²) in [5, 5.41) is 14.1. The molecular formula is C24H31N5O. The Labute approximate surface area is 177 Å². The highest BCUT2D eigenvalue weighted by Crippen LogP contribution is 2.49. The van der Waals surface area contributed by atoms with E-state index in [4.69, 9.17) is 4.74 Å². The molecule has 1 aromatic carbocycles. The topological polar surface area (TPSA) is 56.9 Å². The molecule has 3 fully saturated rings. The number of aryl methyl sites for hydroxylation is 2. The van der Waals surface area contributed by atoms with Crippen molar-refractivity contribution >= 4 is 10.9 Å². The molecule has 30 heavy (non-hydrogen) atoms. The van der Waals surface area contributed by atoms with E-state index in [0.29, 0.717) is 12.0 Å². The first-order valence-corrected chi connectivity index (χ1v) is 11.5. The van der Waals surface area contributed by atoms with Crippen molar-refractivity contribution in [1.82, 2.24) is 24.9 Å². The number of ether oxygens (including phenoxy) is 1. The molecule has 2 aromatic heterocycles. The van der Waals surface area contributed by atoms with Gasteiger partial charge in [-0.3, -0.25) is 4.68 Å². The minimum atomic E-state index is 0.658. The second-order valence-electron chi connectivity index (χ2n) is 9.67. The third kappa shape index (κ3) is 3.00. The van der Waals surface area contributed by atoms with Crippen molar-refractivity contribution in [2.45, 2.75) is 44.6 Å². The van der Waals surface area contributed by atoms with Crippen LogP contribution < -0.4 is 5.32 Å². The van der Waals surface area contributed by atoms with Gasteiger partial charge in [0.25, 0.3) is 0 Å². The summed E-state index contributed by atoms with van der Waals surface area (Å²) in [4.78, 5) is 0. The summed E-state index contributed by atoms with van der Waals surface area (Å²) in [5.41, 5.74) is 5.15. The molecule has 3 aliphatic rings. The van der Waals surface area contributed by atoms with E-state index >= 15 is 0 Å². The van der Waals surface area contributed by atoms with Crippen LogP contribution in [0, 0.1) is 24.7 Å². The van der Waals surface area contributed by atoms with Crippen LogP contribution in [0.2, 0.25) is 0 Å². The first-order valence-electron chi connectivity index (χ1n) is 11.5. The summed E-state index contributed by atoms with van der Waals surface area (Å²) >= 11 is 0. The van der Waals surface area contributed by atoms with Crippen LogP contribution >= 0.6 is 0 Å². The molecular weight excluding hydrogens is 374 g/mol. The number of aromatic nitrogens is 4. The molecule has 2 saturated heterocycles. The quantitative estimate of drug-likeness (QED) is 0.724. The van der Waals surface area contributed by atoms with Gasteiger partial charge in [0.15, 0.2) is 0 Å². The van der Waals surface area contributed by atoms with E-state index in [1.54, 1.807) is 0 Å². The maximum atomic E-state index is 5.62. The van der Waals surface area contributed by atoms with E-state index in [0.717, 1.165) is 36.7 Å². The van der Waals surface area contributed by atoms with Crippen molar-refractivity contribution in [2.24, 2.45) is 24.8 Å². The van der Waals surface area contributed by atoms with Gasteiger partial charge in [-0.2, -0.15) is 10.2 Å². The highest BCUT2D eigenvalue weighted by Gasteiger charge is 2.46. The monoisotopic (exact) mass is 405 g/mol. The van der Waals surface area contributed by atoms with Crippen LogP contribution in [0.4, 0.5) is 0 Å². The van der Waals surface area contributed by atoms with Crippen molar-refractivity contribution in [2.75, 3.05) is 19.8 Å². The highest BCUT2D eigenvalue weighted by atomic mass is 16.5. The molecule has 0 radical (unpaired) electrons.